The largest absolute Gasteiger partial charge is 0.312 e. The highest BCUT2D eigenvalue weighted by molar-refractivity contribution is 7.99. The van der Waals surface area contributed by atoms with Crippen LogP contribution in [0.1, 0.15) is 10.9 Å². The van der Waals surface area contributed by atoms with Gasteiger partial charge in [-0.3, -0.25) is 0 Å². The second-order valence-electron chi connectivity index (χ2n) is 3.60. The van der Waals surface area contributed by atoms with Gasteiger partial charge in [0.1, 0.15) is 0 Å². The van der Waals surface area contributed by atoms with Gasteiger partial charge in [-0.15, -0.1) is 23.1 Å². The summed E-state index contributed by atoms with van der Waals surface area (Å²) in [6, 6.07) is 12.6. The summed E-state index contributed by atoms with van der Waals surface area (Å²) in [4.78, 5) is 2.51. The van der Waals surface area contributed by atoms with Crippen LogP contribution in [0.4, 0.5) is 0 Å². The van der Waals surface area contributed by atoms with Crippen LogP contribution in [0.25, 0.3) is 0 Å². The van der Waals surface area contributed by atoms with Crippen molar-refractivity contribution in [3.05, 3.63) is 51.7 Å². The summed E-state index contributed by atoms with van der Waals surface area (Å²) in [6.45, 7) is 0. The van der Waals surface area contributed by atoms with Crippen LogP contribution in [-0.4, -0.2) is 12.8 Å². The normalized spacial score (nSPS) is 12.6. The van der Waals surface area contributed by atoms with Gasteiger partial charge < -0.3 is 5.32 Å². The molecule has 0 aliphatic carbocycles. The molecule has 1 unspecified atom stereocenters. The van der Waals surface area contributed by atoms with Crippen LogP contribution >= 0.6 is 34.7 Å². The van der Waals surface area contributed by atoms with E-state index >= 15 is 0 Å². The fourth-order valence-electron chi connectivity index (χ4n) is 1.53. The third kappa shape index (κ3) is 3.49. The minimum atomic E-state index is 0.385. The van der Waals surface area contributed by atoms with Crippen LogP contribution in [0.5, 0.6) is 0 Å². The number of rotatable bonds is 5. The minimum Gasteiger partial charge on any atom is -0.312 e. The van der Waals surface area contributed by atoms with E-state index in [1.807, 2.05) is 25.2 Å². The Hall–Kier alpha value is -0.480. The van der Waals surface area contributed by atoms with E-state index < -0.39 is 0 Å². The van der Waals surface area contributed by atoms with Crippen molar-refractivity contribution in [2.45, 2.75) is 10.9 Å². The molecule has 0 saturated carbocycles. The van der Waals surface area contributed by atoms with Crippen LogP contribution in [0.3, 0.4) is 0 Å². The summed E-state index contributed by atoms with van der Waals surface area (Å²) in [5, 5.41) is 6.28. The Balaban J connectivity index is 2.00. The molecule has 1 nitrogen and oxygen atoms in total. The highest BCUT2D eigenvalue weighted by Gasteiger charge is 2.11. The minimum absolute atomic E-state index is 0.385. The molecular weight excluding hydrogens is 270 g/mol. The van der Waals surface area contributed by atoms with E-state index in [1.54, 1.807) is 23.1 Å². The fourth-order valence-corrected chi connectivity index (χ4v) is 3.85. The molecular formula is C13H14ClNS2. The van der Waals surface area contributed by atoms with Gasteiger partial charge in [-0.1, -0.05) is 29.8 Å². The average molecular weight is 284 g/mol. The smallest absolute Gasteiger partial charge is 0.0541 e. The molecule has 0 fully saturated rings. The zero-order chi connectivity index (χ0) is 12.1. The van der Waals surface area contributed by atoms with Gasteiger partial charge in [-0.25, -0.2) is 0 Å². The molecule has 1 atom stereocenters. The Labute approximate surface area is 115 Å². The molecule has 1 aromatic heterocycles. The van der Waals surface area contributed by atoms with E-state index in [2.05, 4.69) is 28.9 Å². The quantitative estimate of drug-likeness (QED) is 0.814. The predicted octanol–water partition coefficient (Wildman–Crippen LogP) is 4.45. The number of benzene rings is 1. The van der Waals surface area contributed by atoms with Gasteiger partial charge in [-0.2, -0.15) is 0 Å². The van der Waals surface area contributed by atoms with Gasteiger partial charge in [0.2, 0.25) is 0 Å². The van der Waals surface area contributed by atoms with E-state index in [1.165, 1.54) is 4.88 Å². The Morgan fingerprint density at radius 2 is 2.12 bits per heavy atom. The van der Waals surface area contributed by atoms with Gasteiger partial charge in [0.15, 0.2) is 0 Å². The second kappa shape index (κ2) is 6.45. The monoisotopic (exact) mass is 283 g/mol. The third-order valence-electron chi connectivity index (χ3n) is 2.48. The topological polar surface area (TPSA) is 12.0 Å². The average Bonchev–Trinajstić information content (AvgIpc) is 2.86. The maximum atomic E-state index is 6.14. The molecule has 0 radical (unpaired) electrons. The highest BCUT2D eigenvalue weighted by atomic mass is 35.5. The van der Waals surface area contributed by atoms with Crippen LogP contribution in [0, 0.1) is 0 Å². The molecule has 0 amide bonds. The van der Waals surface area contributed by atoms with E-state index in [0.717, 1.165) is 15.7 Å². The number of thiophene rings is 1. The molecule has 17 heavy (non-hydrogen) atoms. The molecule has 2 rings (SSSR count). The standard InChI is InChI=1S/C13H14ClNS2/c1-15-11(13-7-4-8-16-13)9-17-12-6-3-2-5-10(12)14/h2-8,11,15H,9H2,1H3. The van der Waals surface area contributed by atoms with Gasteiger partial charge in [0, 0.05) is 15.5 Å². The molecule has 1 aromatic carbocycles. The van der Waals surface area contributed by atoms with Crippen molar-refractivity contribution in [3.8, 4) is 0 Å². The zero-order valence-corrected chi connectivity index (χ0v) is 11.9. The summed E-state index contributed by atoms with van der Waals surface area (Å²) in [5.74, 6) is 0.987. The number of nitrogens with one attached hydrogen (secondary N) is 1. The van der Waals surface area contributed by atoms with E-state index in [0.29, 0.717) is 6.04 Å². The summed E-state index contributed by atoms with van der Waals surface area (Å²) in [5.41, 5.74) is 0. The Morgan fingerprint density at radius 3 is 2.76 bits per heavy atom. The van der Waals surface area contributed by atoms with Crippen molar-refractivity contribution in [3.63, 3.8) is 0 Å². The molecule has 0 spiro atoms. The lowest BCUT2D eigenvalue weighted by Gasteiger charge is -2.14. The number of halogens is 1. The van der Waals surface area contributed by atoms with Crippen LogP contribution in [-0.2, 0) is 0 Å². The molecule has 0 aliphatic heterocycles. The maximum absolute atomic E-state index is 6.14. The molecule has 0 saturated heterocycles. The van der Waals surface area contributed by atoms with Crippen molar-refractivity contribution in [2.75, 3.05) is 12.8 Å². The Morgan fingerprint density at radius 1 is 1.29 bits per heavy atom. The van der Waals surface area contributed by atoms with Gasteiger partial charge in [-0.05, 0) is 30.6 Å². The first-order valence-electron chi connectivity index (χ1n) is 5.39. The summed E-state index contributed by atoms with van der Waals surface area (Å²) >= 11 is 9.71. The molecule has 0 bridgehead atoms. The highest BCUT2D eigenvalue weighted by Crippen LogP contribution is 2.31. The van der Waals surface area contributed by atoms with Gasteiger partial charge >= 0.3 is 0 Å². The van der Waals surface area contributed by atoms with Crippen molar-refractivity contribution >= 4 is 34.7 Å². The van der Waals surface area contributed by atoms with Gasteiger partial charge in [0.05, 0.1) is 11.1 Å². The van der Waals surface area contributed by atoms with Crippen LogP contribution < -0.4 is 5.32 Å². The summed E-state index contributed by atoms with van der Waals surface area (Å²) in [7, 11) is 2.00. The maximum Gasteiger partial charge on any atom is 0.0541 e. The lowest BCUT2D eigenvalue weighted by atomic mass is 10.3. The van der Waals surface area contributed by atoms with E-state index in [-0.39, 0.29) is 0 Å². The molecule has 1 N–H and O–H groups in total. The lowest BCUT2D eigenvalue weighted by molar-refractivity contribution is 0.673. The molecule has 1 heterocycles. The predicted molar refractivity (Wildman–Crippen MR) is 78.3 cm³/mol. The van der Waals surface area contributed by atoms with E-state index in [9.17, 15) is 0 Å². The summed E-state index contributed by atoms with van der Waals surface area (Å²) < 4.78 is 0. The number of hydrogen-bond acceptors (Lipinski definition) is 3. The SMILES string of the molecule is CNC(CSc1ccccc1Cl)c1cccs1. The molecule has 4 heteroatoms. The first kappa shape index (κ1) is 13.0. The van der Waals surface area contributed by atoms with Crippen molar-refractivity contribution in [2.24, 2.45) is 0 Å². The molecule has 2 aromatic rings. The second-order valence-corrected chi connectivity index (χ2v) is 6.05. The van der Waals surface area contributed by atoms with Crippen molar-refractivity contribution < 1.29 is 0 Å². The summed E-state index contributed by atoms with van der Waals surface area (Å²) in [6.07, 6.45) is 0. The van der Waals surface area contributed by atoms with Gasteiger partial charge in [0.25, 0.3) is 0 Å². The fraction of sp³-hybridized carbons (Fsp3) is 0.231. The van der Waals surface area contributed by atoms with Crippen molar-refractivity contribution in [1.82, 2.24) is 5.32 Å². The van der Waals surface area contributed by atoms with E-state index in [4.69, 9.17) is 11.6 Å². The van der Waals surface area contributed by atoms with Crippen LogP contribution in [0.15, 0.2) is 46.7 Å². The molecule has 0 aliphatic rings. The number of hydrogen-bond donors (Lipinski definition) is 1. The molecule has 90 valence electrons. The third-order valence-corrected chi connectivity index (χ3v) is 5.07. The number of thioether (sulfide) groups is 1. The Kier molecular flexibility index (Phi) is 4.92. The van der Waals surface area contributed by atoms with Crippen molar-refractivity contribution in [1.29, 1.82) is 0 Å². The zero-order valence-electron chi connectivity index (χ0n) is 9.52. The first-order chi connectivity index (χ1) is 8.31. The lowest BCUT2D eigenvalue weighted by Crippen LogP contribution is -2.17. The first-order valence-corrected chi connectivity index (χ1v) is 7.63. The Bertz CT molecular complexity index is 456. The van der Waals surface area contributed by atoms with Crippen LogP contribution in [0.2, 0.25) is 5.02 Å².